The SMILES string of the molecule is COc1ccc(-c2ccccc2)cc1CN1C[C@@H]2CC[C@@](O)(c3ccccn3)[C@@H]2C1. The molecule has 154 valence electrons. The van der Waals surface area contributed by atoms with Crippen LogP contribution in [0.15, 0.2) is 72.9 Å². The van der Waals surface area contributed by atoms with Crippen LogP contribution in [0.4, 0.5) is 0 Å². The van der Waals surface area contributed by atoms with E-state index in [1.165, 1.54) is 16.7 Å². The Morgan fingerprint density at radius 3 is 2.63 bits per heavy atom. The van der Waals surface area contributed by atoms with Gasteiger partial charge in [-0.05, 0) is 54.2 Å². The van der Waals surface area contributed by atoms with E-state index >= 15 is 0 Å². The molecule has 5 rings (SSSR count). The molecule has 30 heavy (non-hydrogen) atoms. The van der Waals surface area contributed by atoms with Gasteiger partial charge in [0.2, 0.25) is 0 Å². The Labute approximate surface area is 178 Å². The summed E-state index contributed by atoms with van der Waals surface area (Å²) in [7, 11) is 1.74. The average Bonchev–Trinajstić information content (AvgIpc) is 3.35. The Kier molecular flexibility index (Phi) is 5.05. The molecule has 2 aliphatic rings. The van der Waals surface area contributed by atoms with Crippen LogP contribution in [0.1, 0.15) is 24.1 Å². The number of aromatic nitrogens is 1. The Bertz CT molecular complexity index is 1010. The van der Waals surface area contributed by atoms with E-state index in [2.05, 4.69) is 52.3 Å². The van der Waals surface area contributed by atoms with Gasteiger partial charge in [-0.2, -0.15) is 0 Å². The fourth-order valence-electron chi connectivity index (χ4n) is 5.40. The van der Waals surface area contributed by atoms with Gasteiger partial charge in [-0.15, -0.1) is 0 Å². The third-order valence-electron chi connectivity index (χ3n) is 6.92. The van der Waals surface area contributed by atoms with Gasteiger partial charge in [-0.1, -0.05) is 42.5 Å². The smallest absolute Gasteiger partial charge is 0.123 e. The molecule has 2 heterocycles. The zero-order valence-corrected chi connectivity index (χ0v) is 17.4. The topological polar surface area (TPSA) is 45.6 Å². The van der Waals surface area contributed by atoms with E-state index in [9.17, 15) is 5.11 Å². The fourth-order valence-corrected chi connectivity index (χ4v) is 5.40. The number of nitrogens with zero attached hydrogens (tertiary/aromatic N) is 2. The molecular formula is C26H28N2O2. The number of benzene rings is 2. The summed E-state index contributed by atoms with van der Waals surface area (Å²) in [5.74, 6) is 1.67. The maximum Gasteiger partial charge on any atom is 0.123 e. The van der Waals surface area contributed by atoms with Gasteiger partial charge in [0.05, 0.1) is 12.8 Å². The van der Waals surface area contributed by atoms with Crippen molar-refractivity contribution in [2.45, 2.75) is 25.0 Å². The molecule has 1 aromatic heterocycles. The summed E-state index contributed by atoms with van der Waals surface area (Å²) in [5.41, 5.74) is 3.62. The molecule has 0 unspecified atom stereocenters. The molecule has 0 spiro atoms. The van der Waals surface area contributed by atoms with Crippen LogP contribution < -0.4 is 4.74 Å². The Balaban J connectivity index is 1.37. The van der Waals surface area contributed by atoms with Crippen molar-refractivity contribution >= 4 is 0 Å². The molecule has 3 aromatic rings. The number of ether oxygens (including phenoxy) is 1. The second-order valence-corrected chi connectivity index (χ2v) is 8.63. The van der Waals surface area contributed by atoms with Crippen molar-refractivity contribution in [2.24, 2.45) is 11.8 Å². The second kappa shape index (κ2) is 7.86. The average molecular weight is 401 g/mol. The van der Waals surface area contributed by atoms with Crippen molar-refractivity contribution in [3.05, 3.63) is 84.2 Å². The van der Waals surface area contributed by atoms with Crippen LogP contribution in [0.3, 0.4) is 0 Å². The van der Waals surface area contributed by atoms with Gasteiger partial charge in [0.25, 0.3) is 0 Å². The second-order valence-electron chi connectivity index (χ2n) is 8.63. The minimum atomic E-state index is -0.809. The monoisotopic (exact) mass is 400 g/mol. The van der Waals surface area contributed by atoms with Gasteiger partial charge in [-0.25, -0.2) is 0 Å². The molecule has 1 saturated carbocycles. The van der Waals surface area contributed by atoms with Crippen LogP contribution in [0, 0.1) is 11.8 Å². The Hall–Kier alpha value is -2.69. The molecule has 4 heteroatoms. The van der Waals surface area contributed by atoms with Crippen molar-refractivity contribution in [1.29, 1.82) is 0 Å². The van der Waals surface area contributed by atoms with Crippen LogP contribution in [0.2, 0.25) is 0 Å². The predicted molar refractivity (Wildman–Crippen MR) is 118 cm³/mol. The maximum absolute atomic E-state index is 11.5. The van der Waals surface area contributed by atoms with Crippen molar-refractivity contribution in [3.63, 3.8) is 0 Å². The summed E-state index contributed by atoms with van der Waals surface area (Å²) in [5, 5.41) is 11.5. The molecule has 1 aliphatic carbocycles. The predicted octanol–water partition coefficient (Wildman–Crippen LogP) is 4.49. The standard InChI is InChI=1S/C26H28N2O2/c1-30-24-11-10-20(19-7-3-2-4-8-19)15-22(24)17-28-16-21-12-13-26(29,23(21)18-28)25-9-5-6-14-27-25/h2-11,14-15,21,23,29H,12-13,16-18H2,1H3/t21-,23+,26-/m0/s1. The highest BCUT2D eigenvalue weighted by Gasteiger charge is 2.53. The molecule has 3 atom stereocenters. The number of fused-ring (bicyclic) bond motifs is 1. The highest BCUT2D eigenvalue weighted by molar-refractivity contribution is 5.65. The molecule has 4 nitrogen and oxygen atoms in total. The van der Waals surface area contributed by atoms with Crippen molar-refractivity contribution in [2.75, 3.05) is 20.2 Å². The first-order chi connectivity index (χ1) is 14.7. The Morgan fingerprint density at radius 2 is 1.87 bits per heavy atom. The molecular weight excluding hydrogens is 372 g/mol. The molecule has 1 aliphatic heterocycles. The first-order valence-corrected chi connectivity index (χ1v) is 10.8. The number of pyridine rings is 1. The summed E-state index contributed by atoms with van der Waals surface area (Å²) < 4.78 is 5.66. The van der Waals surface area contributed by atoms with Gasteiger partial charge in [0.15, 0.2) is 0 Å². The molecule has 0 radical (unpaired) electrons. The fraction of sp³-hybridized carbons (Fsp3) is 0.346. The van der Waals surface area contributed by atoms with Crippen molar-refractivity contribution < 1.29 is 9.84 Å². The number of methoxy groups -OCH3 is 1. The van der Waals surface area contributed by atoms with Crippen LogP contribution in [0.25, 0.3) is 11.1 Å². The number of aliphatic hydroxyl groups is 1. The zero-order chi connectivity index (χ0) is 20.6. The number of likely N-dealkylation sites (tertiary alicyclic amines) is 1. The van der Waals surface area contributed by atoms with E-state index in [1.807, 2.05) is 24.3 Å². The summed E-state index contributed by atoms with van der Waals surface area (Å²) in [6.45, 7) is 2.73. The molecule has 2 aromatic carbocycles. The van der Waals surface area contributed by atoms with Crippen molar-refractivity contribution in [3.8, 4) is 16.9 Å². The lowest BCUT2D eigenvalue weighted by Gasteiger charge is -2.29. The third kappa shape index (κ3) is 3.40. The van der Waals surface area contributed by atoms with E-state index in [4.69, 9.17) is 4.74 Å². The molecule has 0 bridgehead atoms. The van der Waals surface area contributed by atoms with Crippen LogP contribution >= 0.6 is 0 Å². The molecule has 2 fully saturated rings. The van der Waals surface area contributed by atoms with Crippen LogP contribution in [-0.4, -0.2) is 35.2 Å². The van der Waals surface area contributed by atoms with Gasteiger partial charge >= 0.3 is 0 Å². The first kappa shape index (κ1) is 19.3. The minimum absolute atomic E-state index is 0.232. The first-order valence-electron chi connectivity index (χ1n) is 10.8. The summed E-state index contributed by atoms with van der Waals surface area (Å²) in [6.07, 6.45) is 3.64. The van der Waals surface area contributed by atoms with Crippen molar-refractivity contribution in [1.82, 2.24) is 9.88 Å². The van der Waals surface area contributed by atoms with Gasteiger partial charge in [0, 0.05) is 37.3 Å². The summed E-state index contributed by atoms with van der Waals surface area (Å²) in [6, 6.07) is 22.7. The number of hydrogen-bond acceptors (Lipinski definition) is 4. The van der Waals surface area contributed by atoms with E-state index < -0.39 is 5.60 Å². The molecule has 1 saturated heterocycles. The lowest BCUT2D eigenvalue weighted by atomic mass is 9.85. The molecule has 1 N–H and O–H groups in total. The van der Waals surface area contributed by atoms with Crippen LogP contribution in [-0.2, 0) is 12.1 Å². The normalized spacial score (nSPS) is 25.9. The lowest BCUT2D eigenvalue weighted by Crippen LogP contribution is -2.35. The quantitative estimate of drug-likeness (QED) is 0.686. The number of hydrogen-bond donors (Lipinski definition) is 1. The zero-order valence-electron chi connectivity index (χ0n) is 17.4. The summed E-state index contributed by atoms with van der Waals surface area (Å²) >= 11 is 0. The van der Waals surface area contributed by atoms with Gasteiger partial charge in [0.1, 0.15) is 11.4 Å². The largest absolute Gasteiger partial charge is 0.496 e. The number of rotatable bonds is 5. The third-order valence-corrected chi connectivity index (χ3v) is 6.92. The highest BCUT2D eigenvalue weighted by atomic mass is 16.5. The van der Waals surface area contributed by atoms with E-state index in [0.717, 1.165) is 43.9 Å². The molecule has 0 amide bonds. The maximum atomic E-state index is 11.5. The van der Waals surface area contributed by atoms with Gasteiger partial charge in [-0.3, -0.25) is 9.88 Å². The van der Waals surface area contributed by atoms with E-state index in [1.54, 1.807) is 13.3 Å². The Morgan fingerprint density at radius 1 is 1.03 bits per heavy atom. The summed E-state index contributed by atoms with van der Waals surface area (Å²) in [4.78, 5) is 6.95. The van der Waals surface area contributed by atoms with E-state index in [-0.39, 0.29) is 5.92 Å². The van der Waals surface area contributed by atoms with Crippen LogP contribution in [0.5, 0.6) is 5.75 Å². The van der Waals surface area contributed by atoms with E-state index in [0.29, 0.717) is 5.92 Å². The highest BCUT2D eigenvalue weighted by Crippen LogP contribution is 2.50. The minimum Gasteiger partial charge on any atom is -0.496 e. The lowest BCUT2D eigenvalue weighted by molar-refractivity contribution is -0.0108. The van der Waals surface area contributed by atoms with Gasteiger partial charge < -0.3 is 9.84 Å².